The molecule has 0 bridgehead atoms. The minimum atomic E-state index is 0.764. The average molecular weight is 228 g/mol. The van der Waals surface area contributed by atoms with Gasteiger partial charge >= 0.3 is 0 Å². The fourth-order valence-electron chi connectivity index (χ4n) is 1.14. The van der Waals surface area contributed by atoms with E-state index in [9.17, 15) is 0 Å². The van der Waals surface area contributed by atoms with Crippen molar-refractivity contribution in [3.63, 3.8) is 0 Å². The molecule has 0 saturated carbocycles. The second-order valence-electron chi connectivity index (χ2n) is 2.99. The van der Waals surface area contributed by atoms with E-state index in [4.69, 9.17) is 11.6 Å². The van der Waals surface area contributed by atoms with Gasteiger partial charge in [0, 0.05) is 25.9 Å². The first kappa shape index (κ1) is 9.55. The van der Waals surface area contributed by atoms with Crippen LogP contribution in [0, 0.1) is 0 Å². The van der Waals surface area contributed by atoms with Crippen molar-refractivity contribution in [2.45, 2.75) is 6.54 Å². The van der Waals surface area contributed by atoms with Crippen molar-refractivity contribution in [2.75, 3.05) is 5.32 Å². The van der Waals surface area contributed by atoms with Crippen LogP contribution in [0.2, 0.25) is 4.34 Å². The SMILES string of the molecule is Cn1ccc(NCc2csc(Cl)c2)n1. The number of hydrogen-bond donors (Lipinski definition) is 1. The van der Waals surface area contributed by atoms with Crippen molar-refractivity contribution in [3.05, 3.63) is 33.6 Å². The van der Waals surface area contributed by atoms with Crippen LogP contribution in [0.5, 0.6) is 0 Å². The number of aromatic nitrogens is 2. The number of nitrogens with zero attached hydrogens (tertiary/aromatic N) is 2. The summed E-state index contributed by atoms with van der Waals surface area (Å²) in [5.41, 5.74) is 1.19. The molecular formula is C9H10ClN3S. The average Bonchev–Trinajstić information content (AvgIpc) is 2.72. The fourth-order valence-corrected chi connectivity index (χ4v) is 2.05. The summed E-state index contributed by atoms with van der Waals surface area (Å²) in [6, 6.07) is 3.90. The molecule has 74 valence electrons. The highest BCUT2D eigenvalue weighted by atomic mass is 35.5. The quantitative estimate of drug-likeness (QED) is 0.874. The smallest absolute Gasteiger partial charge is 0.148 e. The normalized spacial score (nSPS) is 10.4. The molecule has 0 radical (unpaired) electrons. The Morgan fingerprint density at radius 1 is 1.64 bits per heavy atom. The maximum Gasteiger partial charge on any atom is 0.148 e. The van der Waals surface area contributed by atoms with Crippen LogP contribution >= 0.6 is 22.9 Å². The summed E-state index contributed by atoms with van der Waals surface area (Å²) in [5.74, 6) is 0.884. The number of thiophene rings is 1. The van der Waals surface area contributed by atoms with Crippen molar-refractivity contribution in [3.8, 4) is 0 Å². The molecule has 0 unspecified atom stereocenters. The van der Waals surface area contributed by atoms with E-state index >= 15 is 0 Å². The number of nitrogens with one attached hydrogen (secondary N) is 1. The summed E-state index contributed by atoms with van der Waals surface area (Å²) in [4.78, 5) is 0. The summed E-state index contributed by atoms with van der Waals surface area (Å²) < 4.78 is 2.59. The topological polar surface area (TPSA) is 29.9 Å². The molecule has 14 heavy (non-hydrogen) atoms. The molecule has 5 heteroatoms. The van der Waals surface area contributed by atoms with Crippen molar-refractivity contribution < 1.29 is 0 Å². The summed E-state index contributed by atoms with van der Waals surface area (Å²) >= 11 is 7.36. The third-order valence-corrected chi connectivity index (χ3v) is 2.95. The second kappa shape index (κ2) is 4.02. The van der Waals surface area contributed by atoms with E-state index in [1.54, 1.807) is 16.0 Å². The number of halogens is 1. The lowest BCUT2D eigenvalue weighted by molar-refractivity contribution is 0.768. The Labute approximate surface area is 91.3 Å². The van der Waals surface area contributed by atoms with Gasteiger partial charge in [0.05, 0.1) is 4.34 Å². The van der Waals surface area contributed by atoms with Crippen LogP contribution in [0.3, 0.4) is 0 Å². The summed E-state index contributed by atoms with van der Waals surface area (Å²) in [7, 11) is 1.90. The van der Waals surface area contributed by atoms with Gasteiger partial charge in [-0.2, -0.15) is 5.10 Å². The maximum absolute atomic E-state index is 5.82. The second-order valence-corrected chi connectivity index (χ2v) is 4.53. The van der Waals surface area contributed by atoms with Crippen LogP contribution in [0.15, 0.2) is 23.7 Å². The zero-order chi connectivity index (χ0) is 9.97. The summed E-state index contributed by atoms with van der Waals surface area (Å²) in [5, 5.41) is 9.46. The van der Waals surface area contributed by atoms with Crippen LogP contribution in [0.1, 0.15) is 5.56 Å². The molecule has 0 amide bonds. The first-order valence-electron chi connectivity index (χ1n) is 4.20. The predicted octanol–water partition coefficient (Wildman–Crippen LogP) is 2.75. The first-order valence-corrected chi connectivity index (χ1v) is 5.46. The lowest BCUT2D eigenvalue weighted by Gasteiger charge is -1.99. The lowest BCUT2D eigenvalue weighted by atomic mass is 10.3. The highest BCUT2D eigenvalue weighted by Gasteiger charge is 1.98. The van der Waals surface area contributed by atoms with Gasteiger partial charge in [0.2, 0.25) is 0 Å². The molecule has 2 aromatic heterocycles. The molecule has 0 saturated heterocycles. The molecule has 2 heterocycles. The molecule has 0 fully saturated rings. The van der Waals surface area contributed by atoms with Crippen molar-refractivity contribution >= 4 is 28.8 Å². The number of aryl methyl sites for hydroxylation is 1. The third-order valence-electron chi connectivity index (χ3n) is 1.81. The molecule has 0 aliphatic carbocycles. The monoisotopic (exact) mass is 227 g/mol. The van der Waals surface area contributed by atoms with E-state index < -0.39 is 0 Å². The molecular weight excluding hydrogens is 218 g/mol. The Morgan fingerprint density at radius 2 is 2.50 bits per heavy atom. The number of hydrogen-bond acceptors (Lipinski definition) is 3. The largest absolute Gasteiger partial charge is 0.364 e. The van der Waals surface area contributed by atoms with Gasteiger partial charge in [0.25, 0.3) is 0 Å². The van der Waals surface area contributed by atoms with E-state index in [-0.39, 0.29) is 0 Å². The number of rotatable bonds is 3. The minimum absolute atomic E-state index is 0.764. The maximum atomic E-state index is 5.82. The van der Waals surface area contributed by atoms with Gasteiger partial charge < -0.3 is 5.32 Å². The molecule has 3 nitrogen and oxygen atoms in total. The van der Waals surface area contributed by atoms with Crippen LogP contribution in [-0.2, 0) is 13.6 Å². The predicted molar refractivity (Wildman–Crippen MR) is 59.9 cm³/mol. The highest BCUT2D eigenvalue weighted by molar-refractivity contribution is 7.14. The molecule has 1 N–H and O–H groups in total. The summed E-state index contributed by atoms with van der Waals surface area (Å²) in [6.07, 6.45) is 1.91. The van der Waals surface area contributed by atoms with Crippen LogP contribution < -0.4 is 5.32 Å². The third kappa shape index (κ3) is 2.27. The van der Waals surface area contributed by atoms with E-state index in [1.807, 2.05) is 30.8 Å². The van der Waals surface area contributed by atoms with E-state index in [0.29, 0.717) is 0 Å². The highest BCUT2D eigenvalue weighted by Crippen LogP contribution is 2.20. The van der Waals surface area contributed by atoms with E-state index in [0.717, 1.165) is 16.7 Å². The Balaban J connectivity index is 1.94. The molecule has 2 aromatic rings. The Kier molecular flexibility index (Phi) is 2.74. The minimum Gasteiger partial charge on any atom is -0.364 e. The Hall–Kier alpha value is -1.00. The zero-order valence-electron chi connectivity index (χ0n) is 7.70. The molecule has 2 rings (SSSR count). The fraction of sp³-hybridized carbons (Fsp3) is 0.222. The van der Waals surface area contributed by atoms with Gasteiger partial charge in [-0.3, -0.25) is 4.68 Å². The Bertz CT molecular complexity index is 381. The van der Waals surface area contributed by atoms with Crippen molar-refractivity contribution in [1.29, 1.82) is 0 Å². The lowest BCUT2D eigenvalue weighted by Crippen LogP contribution is -1.99. The van der Waals surface area contributed by atoms with Gasteiger partial charge in [-0.05, 0) is 17.0 Å². The zero-order valence-corrected chi connectivity index (χ0v) is 9.27. The summed E-state index contributed by atoms with van der Waals surface area (Å²) in [6.45, 7) is 0.764. The molecule has 0 spiro atoms. The standard InChI is InChI=1S/C9H10ClN3S/c1-13-3-2-9(12-13)11-5-7-4-8(10)14-6-7/h2-4,6H,5H2,1H3,(H,11,12). The van der Waals surface area contributed by atoms with Crippen LogP contribution in [0.25, 0.3) is 0 Å². The van der Waals surface area contributed by atoms with Gasteiger partial charge in [0.1, 0.15) is 5.82 Å². The van der Waals surface area contributed by atoms with E-state index in [1.165, 1.54) is 5.56 Å². The van der Waals surface area contributed by atoms with Gasteiger partial charge in [-0.15, -0.1) is 11.3 Å². The first-order chi connectivity index (χ1) is 6.74. The Morgan fingerprint density at radius 3 is 3.07 bits per heavy atom. The molecule has 0 atom stereocenters. The van der Waals surface area contributed by atoms with Crippen LogP contribution in [0.4, 0.5) is 5.82 Å². The van der Waals surface area contributed by atoms with E-state index in [2.05, 4.69) is 10.4 Å². The van der Waals surface area contributed by atoms with Gasteiger partial charge in [0.15, 0.2) is 0 Å². The molecule has 0 aromatic carbocycles. The molecule has 0 aliphatic rings. The number of anilines is 1. The van der Waals surface area contributed by atoms with Gasteiger partial charge in [-0.25, -0.2) is 0 Å². The molecule has 0 aliphatic heterocycles. The van der Waals surface area contributed by atoms with Crippen LogP contribution in [-0.4, -0.2) is 9.78 Å². The van der Waals surface area contributed by atoms with Gasteiger partial charge in [-0.1, -0.05) is 11.6 Å². The van der Waals surface area contributed by atoms with Crippen molar-refractivity contribution in [1.82, 2.24) is 9.78 Å². The van der Waals surface area contributed by atoms with Crippen molar-refractivity contribution in [2.24, 2.45) is 7.05 Å².